The number of fused-ring (bicyclic) bond motifs is 1. The molecule has 0 bridgehead atoms. The summed E-state index contributed by atoms with van der Waals surface area (Å²) in [5.41, 5.74) is -0.322. The standard InChI is InChI=1S/C18H16N2O5/c1-24-10-7-8-14(25-2)13(9-10)19-17(22)15-11-5-3-4-6-12(11)16(21)20-18(15)23/h3-9H,1-2H3,(H,19,22)(H2,20,21,23)/p-1. The molecule has 7 heteroatoms. The van der Waals surface area contributed by atoms with E-state index in [0.717, 1.165) is 0 Å². The summed E-state index contributed by atoms with van der Waals surface area (Å²) in [6.07, 6.45) is 0. The second-order valence-electron chi connectivity index (χ2n) is 5.22. The van der Waals surface area contributed by atoms with E-state index in [2.05, 4.69) is 10.3 Å². The average molecular weight is 339 g/mol. The van der Waals surface area contributed by atoms with Crippen molar-refractivity contribution in [2.75, 3.05) is 19.5 Å². The highest BCUT2D eigenvalue weighted by molar-refractivity contribution is 6.14. The Morgan fingerprint density at radius 2 is 1.80 bits per heavy atom. The van der Waals surface area contributed by atoms with Crippen LogP contribution in [0, 0.1) is 0 Å². The Kier molecular flexibility index (Phi) is 4.30. The summed E-state index contributed by atoms with van der Waals surface area (Å²) in [5, 5.41) is 15.4. The SMILES string of the molecule is COc1ccc(OC)c(NC(=O)c2c([O-])[nH]c(=O)c3ccccc23)c1. The number of H-pyrrole nitrogens is 1. The molecular weight excluding hydrogens is 324 g/mol. The Bertz CT molecular complexity index is 1010. The average Bonchev–Trinajstić information content (AvgIpc) is 2.61. The van der Waals surface area contributed by atoms with Crippen molar-refractivity contribution in [3.05, 3.63) is 58.4 Å². The van der Waals surface area contributed by atoms with E-state index in [9.17, 15) is 14.7 Å². The summed E-state index contributed by atoms with van der Waals surface area (Å²) in [5.74, 6) is -0.466. The fourth-order valence-electron chi connectivity index (χ4n) is 2.58. The molecule has 128 valence electrons. The van der Waals surface area contributed by atoms with Gasteiger partial charge in [-0.25, -0.2) is 0 Å². The van der Waals surface area contributed by atoms with E-state index in [1.807, 2.05) is 0 Å². The van der Waals surface area contributed by atoms with Gasteiger partial charge in [-0.1, -0.05) is 18.2 Å². The molecule has 1 heterocycles. The van der Waals surface area contributed by atoms with Crippen molar-refractivity contribution in [3.8, 4) is 17.4 Å². The highest BCUT2D eigenvalue weighted by Crippen LogP contribution is 2.30. The van der Waals surface area contributed by atoms with Gasteiger partial charge in [0.25, 0.3) is 11.5 Å². The lowest BCUT2D eigenvalue weighted by molar-refractivity contribution is -0.275. The first kappa shape index (κ1) is 16.4. The molecule has 1 amide bonds. The number of carbonyl (C=O) groups excluding carboxylic acids is 1. The van der Waals surface area contributed by atoms with Gasteiger partial charge in [-0.3, -0.25) is 9.59 Å². The molecule has 0 unspecified atom stereocenters. The van der Waals surface area contributed by atoms with Crippen LogP contribution in [0.5, 0.6) is 17.4 Å². The van der Waals surface area contributed by atoms with Crippen molar-refractivity contribution in [3.63, 3.8) is 0 Å². The minimum Gasteiger partial charge on any atom is -0.860 e. The summed E-state index contributed by atoms with van der Waals surface area (Å²) in [6.45, 7) is 0. The van der Waals surface area contributed by atoms with Gasteiger partial charge in [0, 0.05) is 16.8 Å². The summed E-state index contributed by atoms with van der Waals surface area (Å²) >= 11 is 0. The molecule has 3 rings (SSSR count). The maximum Gasteiger partial charge on any atom is 0.257 e. The molecule has 0 aliphatic heterocycles. The molecule has 0 saturated carbocycles. The first-order valence-corrected chi connectivity index (χ1v) is 7.40. The smallest absolute Gasteiger partial charge is 0.257 e. The number of ether oxygens (including phenoxy) is 2. The van der Waals surface area contributed by atoms with E-state index in [1.165, 1.54) is 14.2 Å². The van der Waals surface area contributed by atoms with Crippen LogP contribution in [0.3, 0.4) is 0 Å². The minimum atomic E-state index is -0.747. The molecule has 0 spiro atoms. The van der Waals surface area contributed by atoms with Crippen LogP contribution in [0.2, 0.25) is 0 Å². The molecule has 0 saturated heterocycles. The van der Waals surface area contributed by atoms with E-state index in [4.69, 9.17) is 9.47 Å². The maximum atomic E-state index is 12.7. The monoisotopic (exact) mass is 339 g/mol. The van der Waals surface area contributed by atoms with Crippen molar-refractivity contribution >= 4 is 22.4 Å². The molecule has 3 aromatic rings. The Morgan fingerprint density at radius 3 is 2.48 bits per heavy atom. The molecule has 2 aromatic carbocycles. The molecule has 25 heavy (non-hydrogen) atoms. The number of amides is 1. The van der Waals surface area contributed by atoms with Crippen LogP contribution in [-0.4, -0.2) is 25.1 Å². The number of hydrogen-bond donors (Lipinski definition) is 2. The van der Waals surface area contributed by atoms with Crippen LogP contribution in [0.25, 0.3) is 10.8 Å². The number of aromatic amines is 1. The van der Waals surface area contributed by atoms with Crippen LogP contribution >= 0.6 is 0 Å². The minimum absolute atomic E-state index is 0.139. The Morgan fingerprint density at radius 1 is 1.08 bits per heavy atom. The number of anilines is 1. The third kappa shape index (κ3) is 2.99. The molecular formula is C18H15N2O5-. The van der Waals surface area contributed by atoms with Crippen molar-refractivity contribution in [1.82, 2.24) is 4.98 Å². The van der Waals surface area contributed by atoms with Crippen LogP contribution < -0.4 is 25.5 Å². The second kappa shape index (κ2) is 6.56. The molecule has 0 radical (unpaired) electrons. The van der Waals surface area contributed by atoms with E-state index in [-0.39, 0.29) is 16.3 Å². The van der Waals surface area contributed by atoms with E-state index in [1.54, 1.807) is 42.5 Å². The number of nitrogens with one attached hydrogen (secondary N) is 2. The van der Waals surface area contributed by atoms with Crippen LogP contribution in [0.4, 0.5) is 5.69 Å². The van der Waals surface area contributed by atoms with Gasteiger partial charge < -0.3 is 24.9 Å². The number of hydrogen-bond acceptors (Lipinski definition) is 5. The van der Waals surface area contributed by atoms with Crippen molar-refractivity contribution in [2.45, 2.75) is 0 Å². The van der Waals surface area contributed by atoms with Gasteiger partial charge in [0.05, 0.1) is 25.5 Å². The zero-order chi connectivity index (χ0) is 18.0. The van der Waals surface area contributed by atoms with Crippen molar-refractivity contribution in [1.29, 1.82) is 0 Å². The van der Waals surface area contributed by atoms with Crippen molar-refractivity contribution in [2.24, 2.45) is 0 Å². The number of carbonyl (C=O) groups is 1. The molecule has 7 nitrogen and oxygen atoms in total. The third-order valence-electron chi connectivity index (χ3n) is 3.78. The quantitative estimate of drug-likeness (QED) is 0.755. The largest absolute Gasteiger partial charge is 0.860 e. The normalized spacial score (nSPS) is 10.5. The summed E-state index contributed by atoms with van der Waals surface area (Å²) in [6, 6.07) is 11.3. The molecule has 0 fully saturated rings. The summed E-state index contributed by atoms with van der Waals surface area (Å²) < 4.78 is 10.3. The first-order chi connectivity index (χ1) is 12.0. The van der Waals surface area contributed by atoms with Gasteiger partial charge in [-0.15, -0.1) is 0 Å². The lowest BCUT2D eigenvalue weighted by Gasteiger charge is -2.17. The number of benzene rings is 2. The van der Waals surface area contributed by atoms with Crippen LogP contribution in [0.1, 0.15) is 10.4 Å². The molecule has 0 atom stereocenters. The Balaban J connectivity index is 2.09. The zero-order valence-electron chi connectivity index (χ0n) is 13.6. The molecule has 2 N–H and O–H groups in total. The van der Waals surface area contributed by atoms with Gasteiger partial charge in [-0.2, -0.15) is 0 Å². The molecule has 1 aromatic heterocycles. The number of aromatic nitrogens is 1. The van der Waals surface area contributed by atoms with E-state index >= 15 is 0 Å². The van der Waals surface area contributed by atoms with E-state index in [0.29, 0.717) is 17.2 Å². The first-order valence-electron chi connectivity index (χ1n) is 7.40. The fraction of sp³-hybridized carbons (Fsp3) is 0.111. The number of pyridine rings is 1. The lowest BCUT2D eigenvalue weighted by Crippen LogP contribution is -2.20. The van der Waals surface area contributed by atoms with Crippen molar-refractivity contribution < 1.29 is 19.4 Å². The molecule has 0 aliphatic carbocycles. The second-order valence-corrected chi connectivity index (χ2v) is 5.22. The van der Waals surface area contributed by atoms with Gasteiger partial charge in [0.2, 0.25) is 0 Å². The predicted molar refractivity (Wildman–Crippen MR) is 91.5 cm³/mol. The van der Waals surface area contributed by atoms with Crippen LogP contribution in [0.15, 0.2) is 47.3 Å². The third-order valence-corrected chi connectivity index (χ3v) is 3.78. The lowest BCUT2D eigenvalue weighted by atomic mass is 10.1. The highest BCUT2D eigenvalue weighted by Gasteiger charge is 2.16. The predicted octanol–water partition coefficient (Wildman–Crippen LogP) is 1.87. The molecule has 0 aliphatic rings. The zero-order valence-corrected chi connectivity index (χ0v) is 13.6. The summed E-state index contributed by atoms with van der Waals surface area (Å²) in [4.78, 5) is 26.8. The number of rotatable bonds is 4. The van der Waals surface area contributed by atoms with Gasteiger partial charge >= 0.3 is 0 Å². The van der Waals surface area contributed by atoms with E-state index < -0.39 is 17.3 Å². The fourth-order valence-corrected chi connectivity index (χ4v) is 2.58. The van der Waals surface area contributed by atoms with Gasteiger partial charge in [0.1, 0.15) is 11.5 Å². The Hall–Kier alpha value is -3.48. The van der Waals surface area contributed by atoms with Crippen LogP contribution in [-0.2, 0) is 0 Å². The maximum absolute atomic E-state index is 12.7. The highest BCUT2D eigenvalue weighted by atomic mass is 16.5. The topological polar surface area (TPSA) is 103 Å². The van der Waals surface area contributed by atoms with Gasteiger partial charge in [0.15, 0.2) is 0 Å². The number of methoxy groups -OCH3 is 2. The van der Waals surface area contributed by atoms with Gasteiger partial charge in [-0.05, 0) is 24.1 Å². The Labute approximate surface area is 142 Å². The summed E-state index contributed by atoms with van der Waals surface area (Å²) in [7, 11) is 2.96.